The molecule has 1 rings (SSSR count). The first-order chi connectivity index (χ1) is 6.70. The van der Waals surface area contributed by atoms with Gasteiger partial charge in [-0.05, 0) is 51.7 Å². The number of thiophene rings is 1. The number of rotatable bonds is 6. The fourth-order valence-corrected chi connectivity index (χ4v) is 2.87. The molecule has 0 bridgehead atoms. The molecule has 1 aromatic heterocycles. The molecular weight excluding hydrogens is 256 g/mol. The molecule has 0 atom stereocenters. The predicted molar refractivity (Wildman–Crippen MR) is 69.0 cm³/mol. The third-order valence-corrected chi connectivity index (χ3v) is 4.23. The van der Waals surface area contributed by atoms with Gasteiger partial charge in [-0.3, -0.25) is 0 Å². The van der Waals surface area contributed by atoms with Crippen LogP contribution in [0.1, 0.15) is 45.1 Å². The van der Waals surface area contributed by atoms with Crippen LogP contribution >= 0.6 is 27.3 Å². The molecule has 0 unspecified atom stereocenters. The quantitative estimate of drug-likeness (QED) is 0.620. The Morgan fingerprint density at radius 3 is 2.64 bits per heavy atom. The molecule has 0 radical (unpaired) electrons. The third-order valence-electron chi connectivity index (χ3n) is 2.42. The first-order valence-corrected chi connectivity index (χ1v) is 7.09. The second-order valence-corrected chi connectivity index (χ2v) is 6.45. The maximum atomic E-state index is 3.58. The van der Waals surface area contributed by atoms with Gasteiger partial charge in [-0.15, -0.1) is 11.3 Å². The van der Waals surface area contributed by atoms with Crippen LogP contribution in [-0.4, -0.2) is 0 Å². The molecule has 0 fully saturated rings. The Morgan fingerprint density at radius 2 is 2.07 bits per heavy atom. The molecule has 0 aliphatic rings. The van der Waals surface area contributed by atoms with Crippen LogP contribution in [0.15, 0.2) is 15.2 Å². The van der Waals surface area contributed by atoms with Gasteiger partial charge in [0.1, 0.15) is 0 Å². The standard InChI is InChI=1S/C12H19BrS/c1-10(2)6-4-3-5-7-11-8-9-14-12(11)13/h8-10H,3-7H2,1-2H3. The van der Waals surface area contributed by atoms with Gasteiger partial charge in [0.15, 0.2) is 0 Å². The van der Waals surface area contributed by atoms with E-state index < -0.39 is 0 Å². The molecule has 0 nitrogen and oxygen atoms in total. The molecule has 0 amide bonds. The Morgan fingerprint density at radius 1 is 1.29 bits per heavy atom. The van der Waals surface area contributed by atoms with Gasteiger partial charge in [0.25, 0.3) is 0 Å². The van der Waals surface area contributed by atoms with Gasteiger partial charge < -0.3 is 0 Å². The molecule has 0 spiro atoms. The highest BCUT2D eigenvalue weighted by molar-refractivity contribution is 9.11. The summed E-state index contributed by atoms with van der Waals surface area (Å²) in [5, 5.41) is 2.16. The van der Waals surface area contributed by atoms with Crippen molar-refractivity contribution in [3.63, 3.8) is 0 Å². The van der Waals surface area contributed by atoms with Gasteiger partial charge in [-0.2, -0.15) is 0 Å². The highest BCUT2D eigenvalue weighted by Gasteiger charge is 2.00. The van der Waals surface area contributed by atoms with E-state index in [9.17, 15) is 0 Å². The summed E-state index contributed by atoms with van der Waals surface area (Å²) in [6.45, 7) is 4.60. The maximum Gasteiger partial charge on any atom is 0.0730 e. The van der Waals surface area contributed by atoms with Crippen LogP contribution in [0, 0.1) is 5.92 Å². The zero-order valence-electron chi connectivity index (χ0n) is 9.05. The summed E-state index contributed by atoms with van der Waals surface area (Å²) in [5.74, 6) is 0.864. The molecule has 80 valence electrons. The third kappa shape index (κ3) is 4.61. The largest absolute Gasteiger partial charge is 0.137 e. The van der Waals surface area contributed by atoms with E-state index in [-0.39, 0.29) is 0 Å². The van der Waals surface area contributed by atoms with E-state index in [1.165, 1.54) is 41.5 Å². The van der Waals surface area contributed by atoms with Crippen LogP contribution in [-0.2, 0) is 6.42 Å². The molecule has 0 aliphatic heterocycles. The average molecular weight is 275 g/mol. The van der Waals surface area contributed by atoms with E-state index in [1.54, 1.807) is 11.3 Å². The lowest BCUT2D eigenvalue weighted by molar-refractivity contribution is 0.527. The van der Waals surface area contributed by atoms with Crippen molar-refractivity contribution in [2.24, 2.45) is 5.92 Å². The Kier molecular flexibility index (Phi) is 5.80. The van der Waals surface area contributed by atoms with E-state index in [0.29, 0.717) is 0 Å². The molecule has 0 saturated carbocycles. The highest BCUT2D eigenvalue weighted by atomic mass is 79.9. The zero-order valence-corrected chi connectivity index (χ0v) is 11.5. The van der Waals surface area contributed by atoms with E-state index in [4.69, 9.17) is 0 Å². The van der Waals surface area contributed by atoms with Gasteiger partial charge in [0, 0.05) is 0 Å². The van der Waals surface area contributed by atoms with E-state index >= 15 is 0 Å². The lowest BCUT2D eigenvalue weighted by atomic mass is 10.0. The van der Waals surface area contributed by atoms with Crippen LogP contribution < -0.4 is 0 Å². The van der Waals surface area contributed by atoms with Crippen molar-refractivity contribution in [2.45, 2.75) is 46.0 Å². The molecule has 0 saturated heterocycles. The smallest absolute Gasteiger partial charge is 0.0730 e. The van der Waals surface area contributed by atoms with Gasteiger partial charge in [0.2, 0.25) is 0 Å². The molecule has 0 aromatic carbocycles. The topological polar surface area (TPSA) is 0 Å². The second-order valence-electron chi connectivity index (χ2n) is 4.21. The number of hydrogen-bond donors (Lipinski definition) is 0. The monoisotopic (exact) mass is 274 g/mol. The minimum Gasteiger partial charge on any atom is -0.137 e. The van der Waals surface area contributed by atoms with Crippen molar-refractivity contribution in [1.82, 2.24) is 0 Å². The lowest BCUT2D eigenvalue weighted by Crippen LogP contribution is -1.88. The Labute approximate surface area is 99.9 Å². The number of halogens is 1. The zero-order chi connectivity index (χ0) is 10.4. The highest BCUT2D eigenvalue weighted by Crippen LogP contribution is 2.25. The fraction of sp³-hybridized carbons (Fsp3) is 0.667. The van der Waals surface area contributed by atoms with Gasteiger partial charge in [0.05, 0.1) is 3.79 Å². The lowest BCUT2D eigenvalue weighted by Gasteiger charge is -2.03. The van der Waals surface area contributed by atoms with Gasteiger partial charge in [-0.25, -0.2) is 0 Å². The average Bonchev–Trinajstić information content (AvgIpc) is 2.51. The van der Waals surface area contributed by atoms with E-state index in [1.807, 2.05) is 0 Å². The molecule has 1 aromatic rings. The Hall–Kier alpha value is 0.180. The first-order valence-electron chi connectivity index (χ1n) is 5.42. The van der Waals surface area contributed by atoms with Gasteiger partial charge >= 0.3 is 0 Å². The molecular formula is C12H19BrS. The summed E-state index contributed by atoms with van der Waals surface area (Å²) in [6, 6.07) is 2.23. The van der Waals surface area contributed by atoms with Crippen molar-refractivity contribution < 1.29 is 0 Å². The summed E-state index contributed by atoms with van der Waals surface area (Å²) < 4.78 is 1.32. The SMILES string of the molecule is CC(C)CCCCCc1ccsc1Br. The van der Waals surface area contributed by atoms with E-state index in [2.05, 4.69) is 41.2 Å². The number of aryl methyl sites for hydroxylation is 1. The van der Waals surface area contributed by atoms with Crippen LogP contribution in [0.3, 0.4) is 0 Å². The summed E-state index contributed by atoms with van der Waals surface area (Å²) in [5.41, 5.74) is 1.49. The summed E-state index contributed by atoms with van der Waals surface area (Å²) in [6.07, 6.45) is 6.72. The van der Waals surface area contributed by atoms with Crippen molar-refractivity contribution in [3.05, 3.63) is 20.8 Å². The minimum atomic E-state index is 0.864. The molecule has 14 heavy (non-hydrogen) atoms. The normalized spacial score (nSPS) is 11.1. The molecule has 0 N–H and O–H groups in total. The summed E-state index contributed by atoms with van der Waals surface area (Å²) in [4.78, 5) is 0. The van der Waals surface area contributed by atoms with Crippen molar-refractivity contribution in [2.75, 3.05) is 0 Å². The van der Waals surface area contributed by atoms with Crippen molar-refractivity contribution in [3.8, 4) is 0 Å². The number of hydrogen-bond acceptors (Lipinski definition) is 1. The molecule has 0 aliphatic carbocycles. The summed E-state index contributed by atoms with van der Waals surface area (Å²) in [7, 11) is 0. The number of unbranched alkanes of at least 4 members (excludes halogenated alkanes) is 2. The van der Waals surface area contributed by atoms with Crippen molar-refractivity contribution in [1.29, 1.82) is 0 Å². The van der Waals surface area contributed by atoms with Crippen LogP contribution in [0.25, 0.3) is 0 Å². The predicted octanol–water partition coefficient (Wildman–Crippen LogP) is 5.27. The summed E-state index contributed by atoms with van der Waals surface area (Å²) >= 11 is 5.37. The fourth-order valence-electron chi connectivity index (χ4n) is 1.54. The Bertz CT molecular complexity index is 253. The molecule has 2 heteroatoms. The van der Waals surface area contributed by atoms with Crippen LogP contribution in [0.5, 0.6) is 0 Å². The second kappa shape index (κ2) is 6.62. The molecule has 1 heterocycles. The first kappa shape index (κ1) is 12.3. The van der Waals surface area contributed by atoms with Crippen LogP contribution in [0.4, 0.5) is 0 Å². The minimum absolute atomic E-state index is 0.864. The van der Waals surface area contributed by atoms with Gasteiger partial charge in [-0.1, -0.05) is 33.1 Å². The van der Waals surface area contributed by atoms with Crippen molar-refractivity contribution >= 4 is 27.3 Å². The van der Waals surface area contributed by atoms with Crippen LogP contribution in [0.2, 0.25) is 0 Å². The van der Waals surface area contributed by atoms with E-state index in [0.717, 1.165) is 5.92 Å². The Balaban J connectivity index is 2.08. The maximum absolute atomic E-state index is 3.58.